The third-order valence-corrected chi connectivity index (χ3v) is 11.1. The summed E-state index contributed by atoms with van der Waals surface area (Å²) in [4.78, 5) is 57.7. The molecular formula is C40H35F2N5O6. The molecule has 1 N–H and O–H groups in total. The first kappa shape index (κ1) is 33.2. The smallest absolute Gasteiger partial charge is 0.319 e. The maximum atomic E-state index is 14.2. The second kappa shape index (κ2) is 12.8. The summed E-state index contributed by atoms with van der Waals surface area (Å²) in [5, 5.41) is 2.90. The number of halogens is 2. The molecule has 270 valence electrons. The summed E-state index contributed by atoms with van der Waals surface area (Å²) in [7, 11) is 0. The highest BCUT2D eigenvalue weighted by atomic mass is 19.3. The van der Waals surface area contributed by atoms with E-state index in [1.807, 2.05) is 30.3 Å². The van der Waals surface area contributed by atoms with E-state index in [0.717, 1.165) is 77.2 Å². The zero-order valence-corrected chi connectivity index (χ0v) is 28.6. The lowest BCUT2D eigenvalue weighted by molar-refractivity contribution is -0.136. The monoisotopic (exact) mass is 719 g/mol. The summed E-state index contributed by atoms with van der Waals surface area (Å²) < 4.78 is 41.9. The molecule has 1 unspecified atom stereocenters. The van der Waals surface area contributed by atoms with Gasteiger partial charge in [-0.1, -0.05) is 18.2 Å². The summed E-state index contributed by atoms with van der Waals surface area (Å²) in [6, 6.07) is 18.8. The molecule has 0 radical (unpaired) electrons. The number of pyridine rings is 1. The van der Waals surface area contributed by atoms with Gasteiger partial charge in [-0.15, -0.1) is 0 Å². The summed E-state index contributed by atoms with van der Waals surface area (Å²) in [5.74, 6) is -0.821. The normalized spacial score (nSPS) is 19.7. The maximum Gasteiger partial charge on any atom is 0.319 e. The van der Waals surface area contributed by atoms with Crippen molar-refractivity contribution in [2.45, 2.75) is 56.7 Å². The number of hydrogen-bond donors (Lipinski definition) is 1. The van der Waals surface area contributed by atoms with Crippen molar-refractivity contribution in [1.82, 2.24) is 24.7 Å². The molecule has 1 spiro atoms. The van der Waals surface area contributed by atoms with Crippen molar-refractivity contribution < 1.29 is 37.4 Å². The van der Waals surface area contributed by atoms with Crippen LogP contribution in [0.25, 0.3) is 33.1 Å². The zero-order valence-electron chi connectivity index (χ0n) is 28.6. The Labute approximate surface area is 302 Å². The van der Waals surface area contributed by atoms with Crippen molar-refractivity contribution >= 4 is 45.6 Å². The minimum atomic E-state index is -2.69. The van der Waals surface area contributed by atoms with E-state index in [9.17, 15) is 28.0 Å². The number of aromatic nitrogens is 2. The average molecular weight is 720 g/mol. The second-order valence-electron chi connectivity index (χ2n) is 14.2. The zero-order chi connectivity index (χ0) is 36.4. The molecule has 4 amide bonds. The fraction of sp³-hybridized carbons (Fsp3) is 0.325. The summed E-state index contributed by atoms with van der Waals surface area (Å²) in [6.07, 6.45) is 5.08. The number of fused-ring (bicyclic) bond motifs is 5. The number of carbonyl (C=O) groups excluding carboxylic acids is 4. The van der Waals surface area contributed by atoms with Crippen LogP contribution in [0.15, 0.2) is 72.9 Å². The number of alkyl halides is 2. The van der Waals surface area contributed by atoms with Gasteiger partial charge < -0.3 is 14.4 Å². The number of imide groups is 2. The fourth-order valence-electron chi connectivity index (χ4n) is 8.34. The molecule has 13 heteroatoms. The van der Waals surface area contributed by atoms with Crippen LogP contribution < -0.4 is 14.8 Å². The number of amides is 4. The number of nitrogens with zero attached hydrogens (tertiary/aromatic N) is 4. The van der Waals surface area contributed by atoms with Crippen LogP contribution in [-0.2, 0) is 16.0 Å². The van der Waals surface area contributed by atoms with Gasteiger partial charge in [0.1, 0.15) is 23.1 Å². The molecule has 1 atom stereocenters. The lowest BCUT2D eigenvalue weighted by atomic mass is 9.86. The molecule has 53 heavy (non-hydrogen) atoms. The Kier molecular flexibility index (Phi) is 7.99. The van der Waals surface area contributed by atoms with Crippen LogP contribution in [0.5, 0.6) is 11.5 Å². The highest BCUT2D eigenvalue weighted by molar-refractivity contribution is 6.23. The molecule has 4 aliphatic rings. The Morgan fingerprint density at radius 3 is 2.53 bits per heavy atom. The van der Waals surface area contributed by atoms with Crippen LogP contribution in [0.1, 0.15) is 64.9 Å². The molecule has 5 aromatic rings. The van der Waals surface area contributed by atoms with Crippen molar-refractivity contribution in [3.05, 3.63) is 89.6 Å². The molecule has 2 saturated heterocycles. The van der Waals surface area contributed by atoms with Gasteiger partial charge in [0, 0.05) is 56.9 Å². The third kappa shape index (κ3) is 5.70. The first-order chi connectivity index (χ1) is 25.7. The molecule has 2 aromatic heterocycles. The van der Waals surface area contributed by atoms with E-state index in [1.54, 1.807) is 36.5 Å². The molecule has 9 rings (SSSR count). The van der Waals surface area contributed by atoms with Gasteiger partial charge >= 0.3 is 6.55 Å². The molecule has 11 nitrogen and oxygen atoms in total. The standard InChI is InChI=1S/C40H35F2N5O6/c41-39(42)46-30-3-1-14-43-35(30)28-7-4-24(20-32(28)46)23-5-10-33-25(19-23)22-40(53-33)12-16-45(17-13-40)15-2-18-52-26-6-8-27-29(21-26)38(51)47(37(27)50)31-9-11-34(48)44-36(31)49/h1,3-8,10,14,19-21,31,39H,2,9,11-13,15-18,22H2,(H,44,48,49). The number of piperidine rings is 2. The first-order valence-electron chi connectivity index (χ1n) is 17.9. The Morgan fingerprint density at radius 2 is 1.72 bits per heavy atom. The lowest BCUT2D eigenvalue weighted by Gasteiger charge is -2.38. The van der Waals surface area contributed by atoms with Gasteiger partial charge in [-0.2, -0.15) is 8.78 Å². The summed E-state index contributed by atoms with van der Waals surface area (Å²) >= 11 is 0. The summed E-state index contributed by atoms with van der Waals surface area (Å²) in [6.45, 7) is 0.300. The van der Waals surface area contributed by atoms with Crippen LogP contribution in [0, 0.1) is 0 Å². The van der Waals surface area contributed by atoms with Gasteiger partial charge in [-0.3, -0.25) is 38.9 Å². The van der Waals surface area contributed by atoms with E-state index >= 15 is 0 Å². The van der Waals surface area contributed by atoms with Crippen molar-refractivity contribution in [2.75, 3.05) is 26.2 Å². The Hall–Kier alpha value is -5.69. The number of benzene rings is 3. The number of ether oxygens (including phenoxy) is 2. The molecule has 4 aliphatic heterocycles. The Bertz CT molecular complexity index is 2350. The largest absolute Gasteiger partial charge is 0.494 e. The molecule has 0 aliphatic carbocycles. The van der Waals surface area contributed by atoms with Crippen LogP contribution in [0.4, 0.5) is 8.78 Å². The summed E-state index contributed by atoms with van der Waals surface area (Å²) in [5.41, 5.74) is 4.50. The molecular weight excluding hydrogens is 684 g/mol. The van der Waals surface area contributed by atoms with Crippen molar-refractivity contribution in [2.24, 2.45) is 0 Å². The van der Waals surface area contributed by atoms with Gasteiger partial charge in [0.2, 0.25) is 11.8 Å². The molecule has 0 saturated carbocycles. The van der Waals surface area contributed by atoms with Crippen LogP contribution in [-0.4, -0.2) is 80.9 Å². The molecule has 6 heterocycles. The van der Waals surface area contributed by atoms with Gasteiger partial charge in [0.15, 0.2) is 0 Å². The highest BCUT2D eigenvalue weighted by Crippen LogP contribution is 2.43. The maximum absolute atomic E-state index is 14.2. The topological polar surface area (TPSA) is 123 Å². The average Bonchev–Trinajstić information content (AvgIpc) is 3.77. The fourth-order valence-corrected chi connectivity index (χ4v) is 8.34. The highest BCUT2D eigenvalue weighted by Gasteiger charge is 2.45. The first-order valence-corrected chi connectivity index (χ1v) is 17.9. The second-order valence-corrected chi connectivity index (χ2v) is 14.2. The predicted molar refractivity (Wildman–Crippen MR) is 190 cm³/mol. The van der Waals surface area contributed by atoms with E-state index in [-0.39, 0.29) is 29.6 Å². The van der Waals surface area contributed by atoms with Crippen LogP contribution >= 0.6 is 0 Å². The van der Waals surface area contributed by atoms with E-state index in [1.165, 1.54) is 0 Å². The third-order valence-electron chi connectivity index (χ3n) is 11.1. The van der Waals surface area contributed by atoms with E-state index in [4.69, 9.17) is 9.47 Å². The van der Waals surface area contributed by atoms with Crippen molar-refractivity contribution in [1.29, 1.82) is 0 Å². The molecule has 3 aromatic carbocycles. The van der Waals surface area contributed by atoms with Gasteiger partial charge in [0.25, 0.3) is 11.8 Å². The Balaban J connectivity index is 0.791. The Morgan fingerprint density at radius 1 is 0.925 bits per heavy atom. The number of likely N-dealkylation sites (tertiary alicyclic amines) is 1. The van der Waals surface area contributed by atoms with Crippen LogP contribution in [0.2, 0.25) is 0 Å². The van der Waals surface area contributed by atoms with E-state index in [2.05, 4.69) is 21.3 Å². The van der Waals surface area contributed by atoms with Crippen LogP contribution in [0.3, 0.4) is 0 Å². The van der Waals surface area contributed by atoms with Crippen molar-refractivity contribution in [3.8, 4) is 22.6 Å². The van der Waals surface area contributed by atoms with Gasteiger partial charge in [-0.25, -0.2) is 0 Å². The quantitative estimate of drug-likeness (QED) is 0.156. The number of hydrogen-bond acceptors (Lipinski definition) is 8. The van der Waals surface area contributed by atoms with Gasteiger partial charge in [0.05, 0.1) is 34.3 Å². The number of rotatable bonds is 8. The van der Waals surface area contributed by atoms with E-state index in [0.29, 0.717) is 34.3 Å². The lowest BCUT2D eigenvalue weighted by Crippen LogP contribution is -2.54. The molecule has 2 fully saturated rings. The minimum absolute atomic E-state index is 0.0662. The molecule has 0 bridgehead atoms. The van der Waals surface area contributed by atoms with Gasteiger partial charge in [-0.05, 0) is 78.1 Å². The van der Waals surface area contributed by atoms with Crippen molar-refractivity contribution in [3.63, 3.8) is 0 Å². The SMILES string of the molecule is O=C1CCC(N2C(=O)c3ccc(OCCCN4CCC5(CC4)Cc4cc(-c6ccc7c8ncccc8n(C(F)F)c7c6)ccc4O5)cc3C2=O)C(=O)N1. The minimum Gasteiger partial charge on any atom is -0.494 e. The van der Waals surface area contributed by atoms with E-state index < -0.39 is 36.2 Å². The number of nitrogens with one attached hydrogen (secondary N) is 1. The predicted octanol–water partition coefficient (Wildman–Crippen LogP) is 5.89. The number of carbonyl (C=O) groups is 4.